The highest BCUT2D eigenvalue weighted by molar-refractivity contribution is 5.85. The lowest BCUT2D eigenvalue weighted by Crippen LogP contribution is -2.45. The average molecular weight is 394 g/mol. The van der Waals surface area contributed by atoms with Crippen LogP contribution in [0, 0.1) is 17.8 Å². The number of ether oxygens (including phenoxy) is 1. The van der Waals surface area contributed by atoms with Gasteiger partial charge in [0.25, 0.3) is 0 Å². The largest absolute Gasteiger partial charge is 0.450 e. The molecule has 0 saturated heterocycles. The summed E-state index contributed by atoms with van der Waals surface area (Å²) in [5.41, 5.74) is -0.963. The standard InChI is InChI=1S/C22H31NO3.ClH/c1-3-23(4-2)17-11-12-18-26-21(24)22(25,19-13-7-5-8-14-19)20-15-9-6-10-16-20;/h5,7-8,13-14,20,25H,3-4,6,9-10,15-18H2,1-2H3;1H/t22-;/m0./s1. The van der Waals surface area contributed by atoms with Gasteiger partial charge < -0.3 is 9.84 Å². The maximum absolute atomic E-state index is 12.8. The molecule has 0 aliphatic heterocycles. The first kappa shape index (κ1) is 23.5. The Balaban J connectivity index is 0.00000364. The Morgan fingerprint density at radius 1 is 1.15 bits per heavy atom. The third-order valence-electron chi connectivity index (χ3n) is 5.32. The van der Waals surface area contributed by atoms with Crippen LogP contribution in [0.15, 0.2) is 30.3 Å². The SMILES string of the molecule is CCN(CC)CC#CCOC(=O)[C@](O)(c1ccccc1)C1CCCCC1.Cl. The van der Waals surface area contributed by atoms with Gasteiger partial charge in [-0.2, -0.15) is 0 Å². The van der Waals surface area contributed by atoms with Gasteiger partial charge >= 0.3 is 5.97 Å². The summed E-state index contributed by atoms with van der Waals surface area (Å²) in [5.74, 6) is 5.25. The third-order valence-corrected chi connectivity index (χ3v) is 5.32. The molecule has 0 amide bonds. The minimum Gasteiger partial charge on any atom is -0.450 e. The molecule has 1 aliphatic rings. The summed E-state index contributed by atoms with van der Waals surface area (Å²) in [6.07, 6.45) is 4.92. The molecule has 5 heteroatoms. The lowest BCUT2D eigenvalue weighted by molar-refractivity contribution is -0.174. The van der Waals surface area contributed by atoms with Crippen molar-refractivity contribution in [3.8, 4) is 11.8 Å². The second kappa shape index (κ2) is 12.0. The van der Waals surface area contributed by atoms with Gasteiger partial charge in [0.1, 0.15) is 0 Å². The van der Waals surface area contributed by atoms with E-state index in [9.17, 15) is 9.90 Å². The van der Waals surface area contributed by atoms with Gasteiger partial charge in [0, 0.05) is 5.92 Å². The maximum atomic E-state index is 12.8. The van der Waals surface area contributed by atoms with Gasteiger partial charge in [-0.3, -0.25) is 4.90 Å². The van der Waals surface area contributed by atoms with Crippen LogP contribution in [0.5, 0.6) is 0 Å². The molecule has 0 spiro atoms. The lowest BCUT2D eigenvalue weighted by atomic mass is 9.73. The molecular weight excluding hydrogens is 362 g/mol. The molecule has 1 fully saturated rings. The highest BCUT2D eigenvalue weighted by Crippen LogP contribution is 2.40. The summed E-state index contributed by atoms with van der Waals surface area (Å²) in [4.78, 5) is 15.0. The number of carbonyl (C=O) groups is 1. The monoisotopic (exact) mass is 393 g/mol. The third kappa shape index (κ3) is 6.24. The van der Waals surface area contributed by atoms with E-state index in [4.69, 9.17) is 4.74 Å². The van der Waals surface area contributed by atoms with Crippen molar-refractivity contribution in [2.24, 2.45) is 5.92 Å². The molecule has 1 aromatic rings. The van der Waals surface area contributed by atoms with Crippen LogP contribution in [0.3, 0.4) is 0 Å². The zero-order valence-electron chi connectivity index (χ0n) is 16.4. The van der Waals surface area contributed by atoms with Crippen LogP contribution in [0.2, 0.25) is 0 Å². The van der Waals surface area contributed by atoms with Gasteiger partial charge in [-0.15, -0.1) is 12.4 Å². The molecule has 27 heavy (non-hydrogen) atoms. The van der Waals surface area contributed by atoms with Crippen molar-refractivity contribution in [2.45, 2.75) is 51.6 Å². The van der Waals surface area contributed by atoms with E-state index in [1.54, 1.807) is 0 Å². The number of aliphatic hydroxyl groups is 1. The second-order valence-corrected chi connectivity index (χ2v) is 6.86. The maximum Gasteiger partial charge on any atom is 0.344 e. The molecule has 1 saturated carbocycles. The van der Waals surface area contributed by atoms with Crippen LogP contribution >= 0.6 is 12.4 Å². The smallest absolute Gasteiger partial charge is 0.344 e. The summed E-state index contributed by atoms with van der Waals surface area (Å²) in [5, 5.41) is 11.4. The molecule has 1 aliphatic carbocycles. The van der Waals surface area contributed by atoms with E-state index in [1.807, 2.05) is 30.3 Å². The van der Waals surface area contributed by atoms with Crippen molar-refractivity contribution in [3.63, 3.8) is 0 Å². The van der Waals surface area contributed by atoms with E-state index >= 15 is 0 Å². The Morgan fingerprint density at radius 2 is 1.78 bits per heavy atom. The number of benzene rings is 1. The number of hydrogen-bond donors (Lipinski definition) is 1. The molecule has 0 radical (unpaired) electrons. The zero-order chi connectivity index (χ0) is 18.8. The van der Waals surface area contributed by atoms with Crippen molar-refractivity contribution in [1.82, 2.24) is 4.90 Å². The minimum absolute atomic E-state index is 0. The molecule has 150 valence electrons. The first-order chi connectivity index (χ1) is 12.6. The van der Waals surface area contributed by atoms with Crippen molar-refractivity contribution in [1.29, 1.82) is 0 Å². The summed E-state index contributed by atoms with van der Waals surface area (Å²) >= 11 is 0. The Morgan fingerprint density at radius 3 is 2.37 bits per heavy atom. The summed E-state index contributed by atoms with van der Waals surface area (Å²) in [7, 11) is 0. The predicted octanol–water partition coefficient (Wildman–Crippen LogP) is 3.76. The molecule has 1 aromatic carbocycles. The molecule has 0 unspecified atom stereocenters. The normalized spacial score (nSPS) is 16.6. The summed E-state index contributed by atoms with van der Waals surface area (Å²) in [6.45, 7) is 6.75. The Hall–Kier alpha value is -1.54. The van der Waals surface area contributed by atoms with Crippen LogP contribution in [-0.2, 0) is 15.1 Å². The Labute approximate surface area is 169 Å². The van der Waals surface area contributed by atoms with Gasteiger partial charge in [0.05, 0.1) is 6.54 Å². The average Bonchev–Trinajstić information content (AvgIpc) is 2.71. The fraction of sp³-hybridized carbons (Fsp3) is 0.591. The van der Waals surface area contributed by atoms with Crippen molar-refractivity contribution in [2.75, 3.05) is 26.2 Å². The van der Waals surface area contributed by atoms with Crippen molar-refractivity contribution < 1.29 is 14.6 Å². The molecule has 0 heterocycles. The summed E-state index contributed by atoms with van der Waals surface area (Å²) < 4.78 is 5.38. The molecule has 4 nitrogen and oxygen atoms in total. The van der Waals surface area contributed by atoms with Gasteiger partial charge in [0.15, 0.2) is 12.2 Å². The van der Waals surface area contributed by atoms with Crippen LogP contribution in [0.1, 0.15) is 51.5 Å². The first-order valence-corrected chi connectivity index (χ1v) is 9.76. The molecule has 2 rings (SSSR count). The van der Waals surface area contributed by atoms with Crippen LogP contribution in [0.4, 0.5) is 0 Å². The van der Waals surface area contributed by atoms with E-state index in [-0.39, 0.29) is 24.9 Å². The Kier molecular flexibility index (Phi) is 10.5. The van der Waals surface area contributed by atoms with Gasteiger partial charge in [-0.25, -0.2) is 4.79 Å². The van der Waals surface area contributed by atoms with E-state index in [0.717, 1.165) is 45.2 Å². The Bertz CT molecular complexity index is 615. The number of carbonyl (C=O) groups excluding carboxylic acids is 1. The number of hydrogen-bond acceptors (Lipinski definition) is 4. The zero-order valence-corrected chi connectivity index (χ0v) is 17.3. The topological polar surface area (TPSA) is 49.8 Å². The number of esters is 1. The molecule has 1 N–H and O–H groups in total. The number of rotatable bonds is 7. The van der Waals surface area contributed by atoms with E-state index in [0.29, 0.717) is 12.1 Å². The van der Waals surface area contributed by atoms with Crippen LogP contribution in [-0.4, -0.2) is 42.2 Å². The van der Waals surface area contributed by atoms with Gasteiger partial charge in [-0.05, 0) is 31.5 Å². The quantitative estimate of drug-likeness (QED) is 0.566. The molecular formula is C22H32ClNO3. The fourth-order valence-electron chi connectivity index (χ4n) is 3.61. The van der Waals surface area contributed by atoms with Crippen LogP contribution < -0.4 is 0 Å². The second-order valence-electron chi connectivity index (χ2n) is 6.86. The molecule has 0 aromatic heterocycles. The highest BCUT2D eigenvalue weighted by atomic mass is 35.5. The van der Waals surface area contributed by atoms with E-state index in [2.05, 4.69) is 30.6 Å². The van der Waals surface area contributed by atoms with Gasteiger partial charge in [-0.1, -0.05) is 75.3 Å². The fourth-order valence-corrected chi connectivity index (χ4v) is 3.61. The predicted molar refractivity (Wildman–Crippen MR) is 111 cm³/mol. The van der Waals surface area contributed by atoms with E-state index in [1.165, 1.54) is 0 Å². The number of halogens is 1. The van der Waals surface area contributed by atoms with E-state index < -0.39 is 11.6 Å². The first-order valence-electron chi connectivity index (χ1n) is 9.76. The lowest BCUT2D eigenvalue weighted by Gasteiger charge is -2.36. The summed E-state index contributed by atoms with van der Waals surface area (Å²) in [6, 6.07) is 9.19. The molecule has 1 atom stereocenters. The van der Waals surface area contributed by atoms with Gasteiger partial charge in [0.2, 0.25) is 0 Å². The minimum atomic E-state index is -1.58. The highest BCUT2D eigenvalue weighted by Gasteiger charge is 2.46. The van der Waals surface area contributed by atoms with Crippen molar-refractivity contribution in [3.05, 3.63) is 35.9 Å². The number of nitrogens with zero attached hydrogens (tertiary/aromatic N) is 1. The molecule has 0 bridgehead atoms. The van der Waals surface area contributed by atoms with Crippen molar-refractivity contribution >= 4 is 18.4 Å². The van der Waals surface area contributed by atoms with Crippen LogP contribution in [0.25, 0.3) is 0 Å².